The molecule has 3 aromatic carbocycles. The maximum absolute atomic E-state index is 4.57. The van der Waals surface area contributed by atoms with Crippen LogP contribution in [-0.4, -0.2) is 29.9 Å². The molecule has 6 nitrogen and oxygen atoms in total. The molecule has 6 heteroatoms. The molecule has 9 rings (SSSR count). The van der Waals surface area contributed by atoms with Gasteiger partial charge in [-0.15, -0.1) is 0 Å². The molecule has 0 saturated carbocycles. The average molecular weight is 877 g/mol. The number of rotatable bonds is 6. The molecule has 0 bridgehead atoms. The number of benzene rings is 3. The molecule has 0 atom stereocenters. The number of nitrogens with zero attached hydrogens (tertiary/aromatic N) is 6. The number of para-hydroxylation sites is 2. The Labute approximate surface area is 396 Å². The Bertz CT molecular complexity index is 2410. The molecule has 6 aromatic heterocycles. The van der Waals surface area contributed by atoms with Crippen LogP contribution in [0, 0.1) is 0 Å². The van der Waals surface area contributed by atoms with Crippen molar-refractivity contribution in [1.82, 2.24) is 29.9 Å². The zero-order chi connectivity index (χ0) is 47.8. The van der Waals surface area contributed by atoms with Crippen LogP contribution < -0.4 is 0 Å². The molecule has 66 heavy (non-hydrogen) atoms. The first-order valence-corrected chi connectivity index (χ1v) is 23.5. The molecular weight excluding hydrogens is 805 g/mol. The Hall–Kier alpha value is -6.66. The van der Waals surface area contributed by atoms with E-state index in [1.54, 1.807) is 6.20 Å². The minimum Gasteiger partial charge on any atom is -0.265 e. The molecule has 6 heterocycles. The quantitative estimate of drug-likeness (QED) is 0.166. The van der Waals surface area contributed by atoms with Crippen molar-refractivity contribution in [3.63, 3.8) is 0 Å². The van der Waals surface area contributed by atoms with Gasteiger partial charge in [-0.1, -0.05) is 162 Å². The van der Waals surface area contributed by atoms with Gasteiger partial charge in [0.2, 0.25) is 0 Å². The van der Waals surface area contributed by atoms with Crippen LogP contribution in [0.2, 0.25) is 0 Å². The van der Waals surface area contributed by atoms with Gasteiger partial charge < -0.3 is 0 Å². The predicted octanol–water partition coefficient (Wildman–Crippen LogP) is 16.7. The Kier molecular flexibility index (Phi) is 21.7. The fraction of sp³-hybridized carbons (Fsp3) is 0.300. The van der Waals surface area contributed by atoms with Crippen molar-refractivity contribution in [2.45, 2.75) is 119 Å². The third-order valence-electron chi connectivity index (χ3n) is 10.7. The molecule has 0 unspecified atom stereocenters. The normalized spacial score (nSPS) is 10.6. The van der Waals surface area contributed by atoms with Gasteiger partial charge in [-0.25, -0.2) is 0 Å². The Morgan fingerprint density at radius 3 is 1.39 bits per heavy atom. The van der Waals surface area contributed by atoms with E-state index in [2.05, 4.69) is 180 Å². The maximum Gasteiger partial charge on any atom is 0.0705 e. The number of fused-ring (bicyclic) bond motifs is 3. The van der Waals surface area contributed by atoms with Gasteiger partial charge in [0.1, 0.15) is 0 Å². The lowest BCUT2D eigenvalue weighted by molar-refractivity contribution is 0.823. The summed E-state index contributed by atoms with van der Waals surface area (Å²) in [4.78, 5) is 25.5. The number of hydrogen-bond acceptors (Lipinski definition) is 6. The second kappa shape index (κ2) is 27.6. The fourth-order valence-corrected chi connectivity index (χ4v) is 6.41. The summed E-state index contributed by atoms with van der Waals surface area (Å²) in [6.45, 7) is 26.0. The molecule has 0 aliphatic rings. The van der Waals surface area contributed by atoms with Crippen molar-refractivity contribution >= 4 is 32.6 Å². The van der Waals surface area contributed by atoms with Gasteiger partial charge >= 0.3 is 0 Å². The van der Waals surface area contributed by atoms with Gasteiger partial charge in [0.05, 0.1) is 11.0 Å². The van der Waals surface area contributed by atoms with Crippen molar-refractivity contribution in [3.05, 3.63) is 217 Å². The van der Waals surface area contributed by atoms with Crippen LogP contribution in [0.3, 0.4) is 0 Å². The molecule has 9 aromatic rings. The van der Waals surface area contributed by atoms with Crippen LogP contribution in [0.4, 0.5) is 0 Å². The fourth-order valence-electron chi connectivity index (χ4n) is 6.41. The summed E-state index contributed by atoms with van der Waals surface area (Å²) in [7, 11) is 0. The first-order valence-electron chi connectivity index (χ1n) is 23.5. The highest BCUT2D eigenvalue weighted by Gasteiger charge is 2.03. The van der Waals surface area contributed by atoms with E-state index < -0.39 is 0 Å². The van der Waals surface area contributed by atoms with Crippen LogP contribution in [0.25, 0.3) is 32.6 Å². The lowest BCUT2D eigenvalue weighted by atomic mass is 10.0. The topological polar surface area (TPSA) is 77.3 Å². The molecule has 0 spiro atoms. The zero-order valence-corrected chi connectivity index (χ0v) is 41.5. The van der Waals surface area contributed by atoms with Crippen molar-refractivity contribution in [1.29, 1.82) is 0 Å². The van der Waals surface area contributed by atoms with Crippen LogP contribution in [0.15, 0.2) is 183 Å². The Morgan fingerprint density at radius 2 is 0.864 bits per heavy atom. The van der Waals surface area contributed by atoms with E-state index in [0.717, 1.165) is 16.7 Å². The zero-order valence-electron chi connectivity index (χ0n) is 41.5. The van der Waals surface area contributed by atoms with E-state index in [1.165, 1.54) is 49.6 Å². The highest BCUT2D eigenvalue weighted by atomic mass is 14.7. The van der Waals surface area contributed by atoms with Gasteiger partial charge in [0.15, 0.2) is 0 Å². The van der Waals surface area contributed by atoms with Gasteiger partial charge in [0.25, 0.3) is 0 Å². The molecule has 0 radical (unpaired) electrons. The number of aromatic nitrogens is 6. The average Bonchev–Trinajstić information content (AvgIpc) is 3.35. The molecule has 0 aliphatic carbocycles. The van der Waals surface area contributed by atoms with Gasteiger partial charge in [-0.3, -0.25) is 29.9 Å². The van der Waals surface area contributed by atoms with Crippen molar-refractivity contribution < 1.29 is 0 Å². The second-order valence-electron chi connectivity index (χ2n) is 18.1. The molecule has 0 N–H and O–H groups in total. The molecule has 0 aliphatic heterocycles. The summed E-state index contributed by atoms with van der Waals surface area (Å²) < 4.78 is 0. The predicted molar refractivity (Wildman–Crippen MR) is 282 cm³/mol. The summed E-state index contributed by atoms with van der Waals surface area (Å²) >= 11 is 0. The monoisotopic (exact) mass is 877 g/mol. The van der Waals surface area contributed by atoms with Crippen LogP contribution in [-0.2, 0) is 0 Å². The standard InChI is InChI=1S/3C12H13N.3C8H11N/c1-9(2)11-7-10-5-3-4-6-12(10)13-8-11;1-9(2)12-7-10-5-3-4-6-11(10)8-13-12;1-9(2)11-8-7-10-5-3-4-6-12(10)13-11;1-7(2)8-3-5-9-6-4-8;1-7(2)8-4-3-5-9-6-8;1-7(2)8-5-3-4-6-9-8/h3*3-9H,1-2H3;3*3-7H,1-2H3. The van der Waals surface area contributed by atoms with Gasteiger partial charge in [-0.2, -0.15) is 0 Å². The Balaban J connectivity index is 0.000000175. The van der Waals surface area contributed by atoms with E-state index in [4.69, 9.17) is 0 Å². The molecular formula is C60H72N6. The third-order valence-corrected chi connectivity index (χ3v) is 10.7. The van der Waals surface area contributed by atoms with Gasteiger partial charge in [-0.05, 0) is 118 Å². The SMILES string of the molecule is CC(C)c1cc2ccccc2cn1.CC(C)c1ccc2ccccc2n1.CC(C)c1ccccn1.CC(C)c1cccnc1.CC(C)c1ccncc1.CC(C)c1cnc2ccccc2c1. The van der Waals surface area contributed by atoms with Crippen LogP contribution in [0.1, 0.15) is 152 Å². The lowest BCUT2D eigenvalue weighted by Gasteiger charge is -2.05. The van der Waals surface area contributed by atoms with Crippen molar-refractivity contribution in [2.75, 3.05) is 0 Å². The van der Waals surface area contributed by atoms with Crippen molar-refractivity contribution in [2.24, 2.45) is 0 Å². The highest BCUT2D eigenvalue weighted by molar-refractivity contribution is 5.82. The number of pyridine rings is 6. The molecule has 0 fully saturated rings. The van der Waals surface area contributed by atoms with Gasteiger partial charge in [0, 0.05) is 76.6 Å². The maximum atomic E-state index is 4.57. The summed E-state index contributed by atoms with van der Waals surface area (Å²) in [6.07, 6.45) is 13.1. The highest BCUT2D eigenvalue weighted by Crippen LogP contribution is 2.20. The van der Waals surface area contributed by atoms with E-state index >= 15 is 0 Å². The third kappa shape index (κ3) is 17.7. The molecule has 342 valence electrons. The van der Waals surface area contributed by atoms with E-state index in [9.17, 15) is 0 Å². The van der Waals surface area contributed by atoms with E-state index in [-0.39, 0.29) is 0 Å². The van der Waals surface area contributed by atoms with Crippen LogP contribution >= 0.6 is 0 Å². The lowest BCUT2D eigenvalue weighted by Crippen LogP contribution is -1.91. The number of hydrogen-bond donors (Lipinski definition) is 0. The van der Waals surface area contributed by atoms with Crippen molar-refractivity contribution in [3.8, 4) is 0 Å². The largest absolute Gasteiger partial charge is 0.265 e. The first kappa shape index (κ1) is 52.0. The molecule has 0 amide bonds. The van der Waals surface area contributed by atoms with E-state index in [0.29, 0.717) is 35.5 Å². The molecule has 0 saturated heterocycles. The summed E-state index contributed by atoms with van der Waals surface area (Å²) in [5.74, 6) is 3.32. The summed E-state index contributed by atoms with van der Waals surface area (Å²) in [5.41, 5.74) is 9.62. The summed E-state index contributed by atoms with van der Waals surface area (Å²) in [6, 6.07) is 47.5. The van der Waals surface area contributed by atoms with E-state index in [1.807, 2.05) is 110 Å². The minimum atomic E-state index is 0.504. The Morgan fingerprint density at radius 1 is 0.288 bits per heavy atom. The smallest absolute Gasteiger partial charge is 0.0705 e. The summed E-state index contributed by atoms with van der Waals surface area (Å²) in [5, 5.41) is 4.94. The first-order chi connectivity index (χ1) is 31.7. The van der Waals surface area contributed by atoms with Crippen LogP contribution in [0.5, 0.6) is 0 Å². The minimum absolute atomic E-state index is 0.504. The second-order valence-corrected chi connectivity index (χ2v) is 18.1.